The third kappa shape index (κ3) is 7.57. The SMILES string of the molecule is C/C(=C\CCN(C)C)C(=O)O.Cl. The Morgan fingerprint density at radius 2 is 2.00 bits per heavy atom. The summed E-state index contributed by atoms with van der Waals surface area (Å²) < 4.78 is 0. The van der Waals surface area contributed by atoms with E-state index in [1.54, 1.807) is 13.0 Å². The summed E-state index contributed by atoms with van der Waals surface area (Å²) in [4.78, 5) is 12.3. The van der Waals surface area contributed by atoms with Gasteiger partial charge in [0.15, 0.2) is 0 Å². The van der Waals surface area contributed by atoms with Crippen molar-refractivity contribution in [1.82, 2.24) is 4.90 Å². The van der Waals surface area contributed by atoms with Crippen LogP contribution >= 0.6 is 12.4 Å². The van der Waals surface area contributed by atoms with E-state index in [2.05, 4.69) is 0 Å². The second-order valence-corrected chi connectivity index (χ2v) is 2.78. The monoisotopic (exact) mass is 193 g/mol. The molecule has 4 heteroatoms. The van der Waals surface area contributed by atoms with E-state index in [1.807, 2.05) is 19.0 Å². The summed E-state index contributed by atoms with van der Waals surface area (Å²) in [5.41, 5.74) is 0.423. The summed E-state index contributed by atoms with van der Waals surface area (Å²) >= 11 is 0. The summed E-state index contributed by atoms with van der Waals surface area (Å²) in [6.07, 6.45) is 2.54. The van der Waals surface area contributed by atoms with E-state index < -0.39 is 5.97 Å². The van der Waals surface area contributed by atoms with Crippen molar-refractivity contribution in [3.05, 3.63) is 11.6 Å². The molecule has 3 nitrogen and oxygen atoms in total. The number of carbonyl (C=O) groups is 1. The van der Waals surface area contributed by atoms with Crippen LogP contribution in [0.1, 0.15) is 13.3 Å². The van der Waals surface area contributed by atoms with Crippen molar-refractivity contribution in [3.8, 4) is 0 Å². The standard InChI is InChI=1S/C8H15NO2.ClH/c1-7(8(10)11)5-4-6-9(2)3;/h5H,4,6H2,1-3H3,(H,10,11);1H/b7-5+;. The minimum absolute atomic E-state index is 0. The lowest BCUT2D eigenvalue weighted by Crippen LogP contribution is -2.12. The molecule has 0 aromatic carbocycles. The van der Waals surface area contributed by atoms with Gasteiger partial charge < -0.3 is 10.0 Å². The van der Waals surface area contributed by atoms with Crippen LogP contribution in [0.15, 0.2) is 11.6 Å². The van der Waals surface area contributed by atoms with Gasteiger partial charge >= 0.3 is 5.97 Å². The molecular formula is C8H16ClNO2. The average Bonchev–Trinajstić information content (AvgIpc) is 1.86. The Kier molecular flexibility index (Phi) is 8.32. The Morgan fingerprint density at radius 3 is 2.33 bits per heavy atom. The predicted octanol–water partition coefficient (Wildman–Crippen LogP) is 1.39. The highest BCUT2D eigenvalue weighted by molar-refractivity contribution is 5.85. The van der Waals surface area contributed by atoms with Crippen LogP contribution in [0.5, 0.6) is 0 Å². The Morgan fingerprint density at radius 1 is 1.50 bits per heavy atom. The molecule has 0 aliphatic carbocycles. The fourth-order valence-corrected chi connectivity index (χ4v) is 0.627. The maximum Gasteiger partial charge on any atom is 0.330 e. The Balaban J connectivity index is 0. The largest absolute Gasteiger partial charge is 0.478 e. The second-order valence-electron chi connectivity index (χ2n) is 2.78. The Labute approximate surface area is 79.5 Å². The van der Waals surface area contributed by atoms with Gasteiger partial charge in [0.05, 0.1) is 0 Å². The fraction of sp³-hybridized carbons (Fsp3) is 0.625. The van der Waals surface area contributed by atoms with Gasteiger partial charge in [-0.15, -0.1) is 12.4 Å². The molecule has 0 bridgehead atoms. The minimum atomic E-state index is -0.830. The lowest BCUT2D eigenvalue weighted by Gasteiger charge is -2.05. The molecule has 0 atom stereocenters. The van der Waals surface area contributed by atoms with E-state index in [0.29, 0.717) is 5.57 Å². The smallest absolute Gasteiger partial charge is 0.330 e. The van der Waals surface area contributed by atoms with E-state index >= 15 is 0 Å². The zero-order chi connectivity index (χ0) is 8.85. The molecule has 0 saturated heterocycles. The quantitative estimate of drug-likeness (QED) is 0.687. The molecule has 0 aliphatic rings. The van der Waals surface area contributed by atoms with Crippen LogP contribution in [0.3, 0.4) is 0 Å². The summed E-state index contributed by atoms with van der Waals surface area (Å²) in [5, 5.41) is 8.47. The van der Waals surface area contributed by atoms with Gasteiger partial charge in [0.2, 0.25) is 0 Å². The molecule has 0 heterocycles. The molecule has 0 amide bonds. The van der Waals surface area contributed by atoms with Gasteiger partial charge in [0.1, 0.15) is 0 Å². The highest BCUT2D eigenvalue weighted by Gasteiger charge is 1.97. The lowest BCUT2D eigenvalue weighted by atomic mass is 10.2. The predicted molar refractivity (Wildman–Crippen MR) is 51.8 cm³/mol. The first-order chi connectivity index (χ1) is 5.04. The fourth-order valence-electron chi connectivity index (χ4n) is 0.627. The third-order valence-corrected chi connectivity index (χ3v) is 1.36. The molecule has 0 aromatic rings. The number of hydrogen-bond donors (Lipinski definition) is 1. The summed E-state index contributed by atoms with van der Waals surface area (Å²) in [7, 11) is 3.92. The number of carboxylic acids is 1. The number of rotatable bonds is 4. The molecule has 0 saturated carbocycles. The lowest BCUT2D eigenvalue weighted by molar-refractivity contribution is -0.132. The van der Waals surface area contributed by atoms with Crippen LogP contribution in [0.25, 0.3) is 0 Å². The number of aliphatic carboxylic acids is 1. The van der Waals surface area contributed by atoms with Crippen molar-refractivity contribution in [2.24, 2.45) is 0 Å². The Hall–Kier alpha value is -0.540. The van der Waals surface area contributed by atoms with Crippen molar-refractivity contribution < 1.29 is 9.90 Å². The normalized spacial score (nSPS) is 11.2. The maximum absolute atomic E-state index is 10.3. The van der Waals surface area contributed by atoms with Crippen LogP contribution in [0.2, 0.25) is 0 Å². The van der Waals surface area contributed by atoms with Gasteiger partial charge in [0, 0.05) is 12.1 Å². The van der Waals surface area contributed by atoms with E-state index in [1.165, 1.54) is 0 Å². The molecule has 12 heavy (non-hydrogen) atoms. The van der Waals surface area contributed by atoms with Gasteiger partial charge in [-0.1, -0.05) is 6.08 Å². The van der Waals surface area contributed by atoms with Crippen molar-refractivity contribution >= 4 is 18.4 Å². The average molecular weight is 194 g/mol. The van der Waals surface area contributed by atoms with Crippen molar-refractivity contribution in [2.75, 3.05) is 20.6 Å². The molecule has 0 aliphatic heterocycles. The first-order valence-electron chi connectivity index (χ1n) is 3.59. The summed E-state index contributed by atoms with van der Waals surface area (Å²) in [6.45, 7) is 2.50. The molecule has 0 radical (unpaired) electrons. The molecule has 72 valence electrons. The molecule has 0 unspecified atom stereocenters. The van der Waals surface area contributed by atoms with Gasteiger partial charge in [0.25, 0.3) is 0 Å². The van der Waals surface area contributed by atoms with Crippen molar-refractivity contribution in [2.45, 2.75) is 13.3 Å². The number of nitrogens with zero attached hydrogens (tertiary/aromatic N) is 1. The highest BCUT2D eigenvalue weighted by atomic mass is 35.5. The first kappa shape index (κ1) is 14.0. The van der Waals surface area contributed by atoms with E-state index in [-0.39, 0.29) is 12.4 Å². The molecule has 0 fully saturated rings. The topological polar surface area (TPSA) is 40.5 Å². The van der Waals surface area contributed by atoms with E-state index in [4.69, 9.17) is 5.11 Å². The van der Waals surface area contributed by atoms with Gasteiger partial charge in [-0.05, 0) is 27.4 Å². The molecule has 0 rings (SSSR count). The van der Waals surface area contributed by atoms with Crippen LogP contribution in [-0.2, 0) is 4.79 Å². The van der Waals surface area contributed by atoms with Crippen LogP contribution in [0.4, 0.5) is 0 Å². The van der Waals surface area contributed by atoms with Gasteiger partial charge in [-0.2, -0.15) is 0 Å². The zero-order valence-corrected chi connectivity index (χ0v) is 8.52. The number of carboxylic acid groups (broad SMARTS) is 1. The summed E-state index contributed by atoms with van der Waals surface area (Å²) in [5.74, 6) is -0.830. The summed E-state index contributed by atoms with van der Waals surface area (Å²) in [6, 6.07) is 0. The second kappa shape index (κ2) is 7.13. The number of halogens is 1. The van der Waals surface area contributed by atoms with Crippen LogP contribution < -0.4 is 0 Å². The molecule has 1 N–H and O–H groups in total. The molecule has 0 aromatic heterocycles. The molecule has 0 spiro atoms. The highest BCUT2D eigenvalue weighted by Crippen LogP contribution is 1.95. The maximum atomic E-state index is 10.3. The Bertz CT molecular complexity index is 166. The van der Waals surface area contributed by atoms with Crippen molar-refractivity contribution in [1.29, 1.82) is 0 Å². The number of hydrogen-bond acceptors (Lipinski definition) is 2. The minimum Gasteiger partial charge on any atom is -0.478 e. The van der Waals surface area contributed by atoms with Crippen LogP contribution in [0, 0.1) is 0 Å². The molecular weight excluding hydrogens is 178 g/mol. The van der Waals surface area contributed by atoms with E-state index in [0.717, 1.165) is 13.0 Å². The van der Waals surface area contributed by atoms with Gasteiger partial charge in [-0.3, -0.25) is 0 Å². The zero-order valence-electron chi connectivity index (χ0n) is 7.70. The van der Waals surface area contributed by atoms with E-state index in [9.17, 15) is 4.79 Å². The first-order valence-corrected chi connectivity index (χ1v) is 3.59. The third-order valence-electron chi connectivity index (χ3n) is 1.36. The van der Waals surface area contributed by atoms with Crippen LogP contribution in [-0.4, -0.2) is 36.6 Å². The van der Waals surface area contributed by atoms with Gasteiger partial charge in [-0.25, -0.2) is 4.79 Å². The van der Waals surface area contributed by atoms with Crippen molar-refractivity contribution in [3.63, 3.8) is 0 Å².